The van der Waals surface area contributed by atoms with Gasteiger partial charge in [-0.25, -0.2) is 0 Å². The minimum absolute atomic E-state index is 0.0132. The van der Waals surface area contributed by atoms with Crippen LogP contribution in [0.2, 0.25) is 0 Å². The SMILES string of the molecule is CC(=O)Nc1ccc(NC(=O)COc2c(-c3ccc(C)cc3)oc3cc(C)c(C)cc3c2=O)cc1. The topological polar surface area (TPSA) is 97.6 Å². The number of fused-ring (bicyclic) bond motifs is 1. The van der Waals surface area contributed by atoms with Crippen molar-refractivity contribution >= 4 is 34.2 Å². The smallest absolute Gasteiger partial charge is 0.262 e. The number of anilines is 2. The first-order valence-electron chi connectivity index (χ1n) is 11.2. The molecule has 0 aliphatic heterocycles. The Bertz CT molecular complexity index is 1470. The minimum atomic E-state index is -0.438. The average molecular weight is 471 g/mol. The monoisotopic (exact) mass is 470 g/mol. The van der Waals surface area contributed by atoms with Crippen molar-refractivity contribution in [3.05, 3.63) is 87.6 Å². The fourth-order valence-electron chi connectivity index (χ4n) is 3.63. The Kier molecular flexibility index (Phi) is 6.68. The highest BCUT2D eigenvalue weighted by Crippen LogP contribution is 2.32. The second-order valence-corrected chi connectivity index (χ2v) is 8.48. The predicted octanol–water partition coefficient (Wildman–Crippen LogP) is 5.36. The molecule has 0 spiro atoms. The summed E-state index contributed by atoms with van der Waals surface area (Å²) in [6.07, 6.45) is 0. The lowest BCUT2D eigenvalue weighted by Gasteiger charge is -2.13. The number of benzene rings is 3. The van der Waals surface area contributed by atoms with Crippen LogP contribution in [0.1, 0.15) is 23.6 Å². The van der Waals surface area contributed by atoms with E-state index in [1.807, 2.05) is 51.1 Å². The summed E-state index contributed by atoms with van der Waals surface area (Å²) in [6.45, 7) is 6.89. The molecule has 2 N–H and O–H groups in total. The quantitative estimate of drug-likeness (QED) is 0.395. The molecule has 4 rings (SSSR count). The number of nitrogens with one attached hydrogen (secondary N) is 2. The minimum Gasteiger partial charge on any atom is -0.476 e. The number of aryl methyl sites for hydroxylation is 3. The second-order valence-electron chi connectivity index (χ2n) is 8.48. The number of hydrogen-bond acceptors (Lipinski definition) is 5. The van der Waals surface area contributed by atoms with Crippen molar-refractivity contribution in [2.45, 2.75) is 27.7 Å². The molecular weight excluding hydrogens is 444 g/mol. The van der Waals surface area contributed by atoms with Crippen LogP contribution in [0.15, 0.2) is 69.9 Å². The van der Waals surface area contributed by atoms with Gasteiger partial charge in [0.1, 0.15) is 5.58 Å². The van der Waals surface area contributed by atoms with Gasteiger partial charge >= 0.3 is 0 Å². The third-order valence-electron chi connectivity index (χ3n) is 5.62. The Morgan fingerprint density at radius 2 is 1.46 bits per heavy atom. The Morgan fingerprint density at radius 3 is 2.09 bits per heavy atom. The highest BCUT2D eigenvalue weighted by molar-refractivity contribution is 5.93. The van der Waals surface area contributed by atoms with Crippen molar-refractivity contribution in [3.63, 3.8) is 0 Å². The van der Waals surface area contributed by atoms with Crippen molar-refractivity contribution in [2.75, 3.05) is 17.2 Å². The summed E-state index contributed by atoms with van der Waals surface area (Å²) in [5.41, 5.74) is 4.98. The highest BCUT2D eigenvalue weighted by atomic mass is 16.5. The van der Waals surface area contributed by atoms with Gasteiger partial charge in [-0.2, -0.15) is 0 Å². The van der Waals surface area contributed by atoms with Crippen LogP contribution in [0.4, 0.5) is 11.4 Å². The molecule has 0 unspecified atom stereocenters. The molecule has 4 aromatic rings. The molecule has 0 atom stereocenters. The van der Waals surface area contributed by atoms with Gasteiger partial charge in [-0.05, 0) is 68.3 Å². The predicted molar refractivity (Wildman–Crippen MR) is 137 cm³/mol. The van der Waals surface area contributed by atoms with Gasteiger partial charge in [0.2, 0.25) is 17.1 Å². The van der Waals surface area contributed by atoms with Gasteiger partial charge < -0.3 is 19.8 Å². The fraction of sp³-hybridized carbons (Fsp3) is 0.179. The van der Waals surface area contributed by atoms with Crippen LogP contribution < -0.4 is 20.8 Å². The van der Waals surface area contributed by atoms with E-state index in [4.69, 9.17) is 9.15 Å². The Morgan fingerprint density at radius 1 is 0.857 bits per heavy atom. The standard InChI is InChI=1S/C28H26N2O5/c1-16-5-7-20(8-6-16)27-28(26(33)23-13-17(2)18(3)14-24(23)35-27)34-15-25(32)30-22-11-9-21(10-12-22)29-19(4)31/h5-14H,15H2,1-4H3,(H,29,31)(H,30,32). The first-order valence-corrected chi connectivity index (χ1v) is 11.2. The van der Waals surface area contributed by atoms with Crippen molar-refractivity contribution < 1.29 is 18.7 Å². The van der Waals surface area contributed by atoms with Crippen LogP contribution in [0.3, 0.4) is 0 Å². The van der Waals surface area contributed by atoms with Crippen molar-refractivity contribution in [1.29, 1.82) is 0 Å². The Balaban J connectivity index is 1.62. The van der Waals surface area contributed by atoms with Gasteiger partial charge in [-0.3, -0.25) is 14.4 Å². The van der Waals surface area contributed by atoms with E-state index in [0.29, 0.717) is 27.9 Å². The number of rotatable bonds is 6. The lowest BCUT2D eigenvalue weighted by molar-refractivity contribution is -0.118. The van der Waals surface area contributed by atoms with Crippen molar-refractivity contribution in [3.8, 4) is 17.1 Å². The van der Waals surface area contributed by atoms with Crippen molar-refractivity contribution in [2.24, 2.45) is 0 Å². The van der Waals surface area contributed by atoms with Gasteiger partial charge in [-0.1, -0.05) is 29.8 Å². The third kappa shape index (κ3) is 5.41. The highest BCUT2D eigenvalue weighted by Gasteiger charge is 2.19. The van der Waals surface area contributed by atoms with E-state index in [1.54, 1.807) is 30.3 Å². The molecule has 0 radical (unpaired) electrons. The van der Waals surface area contributed by atoms with E-state index < -0.39 is 5.91 Å². The van der Waals surface area contributed by atoms with Crippen LogP contribution in [0, 0.1) is 20.8 Å². The molecule has 3 aromatic carbocycles. The summed E-state index contributed by atoms with van der Waals surface area (Å²) in [7, 11) is 0. The van der Waals surface area contributed by atoms with Gasteiger partial charge in [0.15, 0.2) is 12.4 Å². The molecule has 0 aliphatic carbocycles. The van der Waals surface area contributed by atoms with E-state index in [1.165, 1.54) is 6.92 Å². The summed E-state index contributed by atoms with van der Waals surface area (Å²) in [6, 6.07) is 17.8. The maximum Gasteiger partial charge on any atom is 0.262 e. The summed E-state index contributed by atoms with van der Waals surface area (Å²) >= 11 is 0. The third-order valence-corrected chi connectivity index (χ3v) is 5.62. The number of amides is 2. The van der Waals surface area contributed by atoms with Crippen molar-refractivity contribution in [1.82, 2.24) is 0 Å². The number of hydrogen-bond donors (Lipinski definition) is 2. The fourth-order valence-corrected chi connectivity index (χ4v) is 3.63. The largest absolute Gasteiger partial charge is 0.476 e. The maximum atomic E-state index is 13.4. The maximum absolute atomic E-state index is 13.4. The lowest BCUT2D eigenvalue weighted by Crippen LogP contribution is -2.22. The number of ether oxygens (including phenoxy) is 1. The Labute approximate surface area is 202 Å². The van der Waals surface area contributed by atoms with E-state index in [0.717, 1.165) is 16.7 Å². The molecule has 7 nitrogen and oxygen atoms in total. The molecular formula is C28H26N2O5. The van der Waals surface area contributed by atoms with E-state index >= 15 is 0 Å². The summed E-state index contributed by atoms with van der Waals surface area (Å²) in [5.74, 6) is -0.357. The molecule has 1 aromatic heterocycles. The van der Waals surface area contributed by atoms with E-state index in [9.17, 15) is 14.4 Å². The van der Waals surface area contributed by atoms with Gasteiger partial charge in [0.05, 0.1) is 5.39 Å². The molecule has 0 saturated carbocycles. The summed E-state index contributed by atoms with van der Waals surface area (Å²) in [4.78, 5) is 37.1. The van der Waals surface area contributed by atoms with Crippen LogP contribution in [0.5, 0.6) is 5.75 Å². The summed E-state index contributed by atoms with van der Waals surface area (Å²) in [5, 5.41) is 5.78. The molecule has 1 heterocycles. The molecule has 178 valence electrons. The van der Waals surface area contributed by atoms with Crippen LogP contribution >= 0.6 is 0 Å². The first-order chi connectivity index (χ1) is 16.7. The zero-order chi connectivity index (χ0) is 25.1. The molecule has 0 saturated heterocycles. The van der Waals surface area contributed by atoms with Gasteiger partial charge in [-0.15, -0.1) is 0 Å². The zero-order valence-electron chi connectivity index (χ0n) is 20.0. The second kappa shape index (κ2) is 9.85. The molecule has 7 heteroatoms. The zero-order valence-corrected chi connectivity index (χ0v) is 20.0. The lowest BCUT2D eigenvalue weighted by atomic mass is 10.0. The number of carbonyl (C=O) groups is 2. The average Bonchev–Trinajstić information content (AvgIpc) is 2.81. The van der Waals surface area contributed by atoms with Crippen LogP contribution in [-0.2, 0) is 9.59 Å². The van der Waals surface area contributed by atoms with Gasteiger partial charge in [0.25, 0.3) is 5.91 Å². The molecule has 2 amide bonds. The number of carbonyl (C=O) groups excluding carboxylic acids is 2. The van der Waals surface area contributed by atoms with E-state index in [2.05, 4.69) is 10.6 Å². The van der Waals surface area contributed by atoms with Crippen LogP contribution in [0.25, 0.3) is 22.3 Å². The molecule has 0 fully saturated rings. The normalized spacial score (nSPS) is 10.7. The Hall–Kier alpha value is -4.39. The van der Waals surface area contributed by atoms with Gasteiger partial charge in [0, 0.05) is 23.9 Å². The van der Waals surface area contributed by atoms with E-state index in [-0.39, 0.29) is 29.5 Å². The molecule has 0 bridgehead atoms. The van der Waals surface area contributed by atoms with Crippen LogP contribution in [-0.4, -0.2) is 18.4 Å². The molecule has 35 heavy (non-hydrogen) atoms. The first kappa shape index (κ1) is 23.8. The molecule has 0 aliphatic rings. The summed E-state index contributed by atoms with van der Waals surface area (Å²) < 4.78 is 11.9.